The highest BCUT2D eigenvalue weighted by Gasteiger charge is 2.23. The van der Waals surface area contributed by atoms with Gasteiger partial charge in [0, 0.05) is 53.7 Å². The Morgan fingerprint density at radius 1 is 1.14 bits per heavy atom. The second kappa shape index (κ2) is 6.86. The van der Waals surface area contributed by atoms with Crippen molar-refractivity contribution in [3.05, 3.63) is 71.4 Å². The number of imidazole rings is 1. The van der Waals surface area contributed by atoms with Gasteiger partial charge in [0.05, 0.1) is 5.69 Å². The summed E-state index contributed by atoms with van der Waals surface area (Å²) < 4.78 is 2.00. The third-order valence-corrected chi connectivity index (χ3v) is 5.92. The smallest absolute Gasteiger partial charge is 0.255 e. The topological polar surface area (TPSA) is 66.7 Å². The molecule has 0 unspecified atom stereocenters. The molecule has 1 N–H and O–H groups in total. The lowest BCUT2D eigenvalue weighted by Gasteiger charge is -2.14. The maximum absolute atomic E-state index is 12.7. The fourth-order valence-electron chi connectivity index (χ4n) is 3.66. The Balaban J connectivity index is 1.32. The highest BCUT2D eigenvalue weighted by atomic mass is 32.1. The molecule has 2 amide bonds. The SMILES string of the molecule is CC(=O)N1CCc2cc(C(=O)Nc3ccc(-c4cn5ccsc5n4)cc3)ccc21. The van der Waals surface area contributed by atoms with Gasteiger partial charge in [0.25, 0.3) is 5.91 Å². The van der Waals surface area contributed by atoms with Gasteiger partial charge in [-0.3, -0.25) is 14.0 Å². The van der Waals surface area contributed by atoms with Gasteiger partial charge in [-0.15, -0.1) is 11.3 Å². The van der Waals surface area contributed by atoms with Crippen LogP contribution in [0.15, 0.2) is 60.2 Å². The minimum Gasteiger partial charge on any atom is -0.322 e. The van der Waals surface area contributed by atoms with Crippen LogP contribution in [0, 0.1) is 0 Å². The number of benzene rings is 2. The molecule has 0 fully saturated rings. The first kappa shape index (κ1) is 17.6. The van der Waals surface area contributed by atoms with Gasteiger partial charge in [-0.1, -0.05) is 12.1 Å². The Labute approximate surface area is 171 Å². The van der Waals surface area contributed by atoms with Crippen molar-refractivity contribution >= 4 is 39.5 Å². The van der Waals surface area contributed by atoms with Crippen LogP contribution in [0.3, 0.4) is 0 Å². The Hall–Kier alpha value is -3.45. The van der Waals surface area contributed by atoms with Crippen molar-refractivity contribution in [2.45, 2.75) is 13.3 Å². The van der Waals surface area contributed by atoms with Crippen LogP contribution in [-0.4, -0.2) is 27.7 Å². The lowest BCUT2D eigenvalue weighted by Crippen LogP contribution is -2.25. The fourth-order valence-corrected chi connectivity index (χ4v) is 4.36. The molecule has 0 spiro atoms. The van der Waals surface area contributed by atoms with Crippen LogP contribution in [0.1, 0.15) is 22.8 Å². The Morgan fingerprint density at radius 2 is 1.97 bits per heavy atom. The zero-order valence-electron chi connectivity index (χ0n) is 15.8. The van der Waals surface area contributed by atoms with E-state index in [1.165, 1.54) is 0 Å². The standard InChI is InChI=1S/C22H18N4O2S/c1-14(27)26-9-8-16-12-17(4-7-20(16)26)21(28)23-18-5-2-15(3-6-18)19-13-25-10-11-29-22(25)24-19/h2-7,10-13H,8-9H2,1H3,(H,23,28). The number of carbonyl (C=O) groups excluding carboxylic acids is 2. The van der Waals surface area contributed by atoms with Gasteiger partial charge >= 0.3 is 0 Å². The van der Waals surface area contributed by atoms with Crippen molar-refractivity contribution in [1.29, 1.82) is 0 Å². The van der Waals surface area contributed by atoms with Crippen molar-refractivity contribution in [1.82, 2.24) is 9.38 Å². The molecule has 6 nitrogen and oxygen atoms in total. The maximum atomic E-state index is 12.7. The lowest BCUT2D eigenvalue weighted by molar-refractivity contribution is -0.116. The van der Waals surface area contributed by atoms with E-state index in [9.17, 15) is 9.59 Å². The fraction of sp³-hybridized carbons (Fsp3) is 0.136. The molecule has 0 aliphatic carbocycles. The summed E-state index contributed by atoms with van der Waals surface area (Å²) in [5.41, 5.74) is 5.16. The third kappa shape index (κ3) is 3.19. The Bertz CT molecular complexity index is 1210. The molecule has 2 aromatic heterocycles. The van der Waals surface area contributed by atoms with Crippen molar-refractivity contribution in [2.24, 2.45) is 0 Å². The monoisotopic (exact) mass is 402 g/mol. The van der Waals surface area contributed by atoms with Gasteiger partial charge in [-0.05, 0) is 42.3 Å². The predicted molar refractivity (Wildman–Crippen MR) is 115 cm³/mol. The summed E-state index contributed by atoms with van der Waals surface area (Å²) in [6.45, 7) is 2.23. The average molecular weight is 402 g/mol. The van der Waals surface area contributed by atoms with Crippen LogP contribution >= 0.6 is 11.3 Å². The van der Waals surface area contributed by atoms with Crippen molar-refractivity contribution in [2.75, 3.05) is 16.8 Å². The summed E-state index contributed by atoms with van der Waals surface area (Å²) in [6, 6.07) is 13.2. The van der Waals surface area contributed by atoms with E-state index < -0.39 is 0 Å². The first-order valence-corrected chi connectivity index (χ1v) is 10.2. The zero-order chi connectivity index (χ0) is 20.0. The number of rotatable bonds is 3. The molecule has 0 bridgehead atoms. The molecular formula is C22H18N4O2S. The Kier molecular flexibility index (Phi) is 4.17. The molecular weight excluding hydrogens is 384 g/mol. The van der Waals surface area contributed by atoms with Crippen LogP contribution < -0.4 is 10.2 Å². The highest BCUT2D eigenvalue weighted by molar-refractivity contribution is 7.15. The number of thiazole rings is 1. The van der Waals surface area contributed by atoms with Crippen molar-refractivity contribution in [3.63, 3.8) is 0 Å². The summed E-state index contributed by atoms with van der Waals surface area (Å²) in [5.74, 6) is -0.136. The normalized spacial score (nSPS) is 12.9. The molecule has 0 atom stereocenters. The maximum Gasteiger partial charge on any atom is 0.255 e. The first-order valence-electron chi connectivity index (χ1n) is 9.33. The largest absolute Gasteiger partial charge is 0.322 e. The van der Waals surface area contributed by atoms with Crippen LogP contribution in [0.2, 0.25) is 0 Å². The first-order chi connectivity index (χ1) is 14.1. The van der Waals surface area contributed by atoms with Crippen LogP contribution in [0.5, 0.6) is 0 Å². The van der Waals surface area contributed by atoms with E-state index in [2.05, 4.69) is 10.3 Å². The van der Waals surface area contributed by atoms with E-state index in [1.807, 2.05) is 58.6 Å². The summed E-state index contributed by atoms with van der Waals surface area (Å²) in [7, 11) is 0. The Morgan fingerprint density at radius 3 is 2.72 bits per heavy atom. The van der Waals surface area contributed by atoms with Crippen molar-refractivity contribution in [3.8, 4) is 11.3 Å². The van der Waals surface area contributed by atoms with E-state index in [1.54, 1.807) is 29.2 Å². The molecule has 0 saturated heterocycles. The van der Waals surface area contributed by atoms with E-state index in [-0.39, 0.29) is 11.8 Å². The van der Waals surface area contributed by atoms with Gasteiger partial charge in [0.1, 0.15) is 0 Å². The molecule has 29 heavy (non-hydrogen) atoms. The molecule has 7 heteroatoms. The summed E-state index contributed by atoms with van der Waals surface area (Å²) >= 11 is 1.60. The number of anilines is 2. The minimum atomic E-state index is -0.163. The lowest BCUT2D eigenvalue weighted by atomic mass is 10.1. The van der Waals surface area contributed by atoms with Crippen LogP contribution in [0.25, 0.3) is 16.2 Å². The molecule has 1 aliphatic heterocycles. The number of nitrogens with zero attached hydrogens (tertiary/aromatic N) is 3. The van der Waals surface area contributed by atoms with Gasteiger partial charge in [0.2, 0.25) is 5.91 Å². The number of amides is 2. The summed E-state index contributed by atoms with van der Waals surface area (Å²) in [6.07, 6.45) is 4.75. The molecule has 3 heterocycles. The van der Waals surface area contributed by atoms with Crippen molar-refractivity contribution < 1.29 is 9.59 Å². The molecule has 5 rings (SSSR count). The quantitative estimate of drug-likeness (QED) is 0.558. The minimum absolute atomic E-state index is 0.0265. The number of hydrogen-bond acceptors (Lipinski definition) is 4. The average Bonchev–Trinajstić information content (AvgIpc) is 3.42. The molecule has 4 aromatic rings. The van der Waals surface area contributed by atoms with E-state index >= 15 is 0 Å². The zero-order valence-corrected chi connectivity index (χ0v) is 16.6. The third-order valence-electron chi connectivity index (χ3n) is 5.15. The van der Waals surface area contributed by atoms with Gasteiger partial charge in [-0.2, -0.15) is 0 Å². The van der Waals surface area contributed by atoms with Gasteiger partial charge in [0.15, 0.2) is 4.96 Å². The van der Waals surface area contributed by atoms with E-state index in [4.69, 9.17) is 0 Å². The molecule has 144 valence electrons. The summed E-state index contributed by atoms with van der Waals surface area (Å²) in [4.78, 5) is 31.6. The predicted octanol–water partition coefficient (Wildman–Crippen LogP) is 4.22. The molecule has 2 aromatic carbocycles. The number of hydrogen-bond donors (Lipinski definition) is 1. The number of aromatic nitrogens is 2. The number of carbonyl (C=O) groups is 2. The molecule has 0 saturated carbocycles. The second-order valence-corrected chi connectivity index (χ2v) is 7.89. The number of fused-ring (bicyclic) bond motifs is 2. The second-order valence-electron chi connectivity index (χ2n) is 7.01. The summed E-state index contributed by atoms with van der Waals surface area (Å²) in [5, 5.41) is 4.94. The van der Waals surface area contributed by atoms with Gasteiger partial charge in [-0.25, -0.2) is 4.98 Å². The van der Waals surface area contributed by atoms with E-state index in [0.717, 1.165) is 39.6 Å². The van der Waals surface area contributed by atoms with Gasteiger partial charge < -0.3 is 10.2 Å². The molecule has 1 aliphatic rings. The molecule has 0 radical (unpaired) electrons. The highest BCUT2D eigenvalue weighted by Crippen LogP contribution is 2.29. The van der Waals surface area contributed by atoms with Crippen LogP contribution in [0.4, 0.5) is 11.4 Å². The number of nitrogens with one attached hydrogen (secondary N) is 1. The van der Waals surface area contributed by atoms with Crippen LogP contribution in [-0.2, 0) is 11.2 Å². The van der Waals surface area contributed by atoms with E-state index in [0.29, 0.717) is 12.1 Å².